The Kier molecular flexibility index (Phi) is 3.80. The van der Waals surface area contributed by atoms with E-state index < -0.39 is 17.8 Å². The molecule has 2 aromatic carbocycles. The molecule has 0 saturated carbocycles. The van der Waals surface area contributed by atoms with Gasteiger partial charge >= 0.3 is 5.97 Å². The molecule has 1 atom stereocenters. The Morgan fingerprint density at radius 1 is 1.21 bits per heavy atom. The molecule has 3 nitrogen and oxygen atoms in total. The lowest BCUT2D eigenvalue weighted by molar-refractivity contribution is -0.137. The molecule has 19 heavy (non-hydrogen) atoms. The maximum Gasteiger partial charge on any atom is 0.325 e. The maximum atomic E-state index is 13.3. The van der Waals surface area contributed by atoms with Gasteiger partial charge in [-0.1, -0.05) is 30.3 Å². The average Bonchev–Trinajstić information content (AvgIpc) is 2.39. The van der Waals surface area contributed by atoms with E-state index in [1.807, 2.05) is 30.3 Å². The van der Waals surface area contributed by atoms with Crippen LogP contribution in [-0.2, 0) is 4.79 Å². The first-order valence-corrected chi connectivity index (χ1v) is 5.92. The number of anilines is 1. The molecule has 0 aromatic heterocycles. The summed E-state index contributed by atoms with van der Waals surface area (Å²) in [5.41, 5.74) is 2.15. The average molecular weight is 259 g/mol. The van der Waals surface area contributed by atoms with E-state index in [2.05, 4.69) is 5.32 Å². The number of benzene rings is 2. The van der Waals surface area contributed by atoms with Crippen LogP contribution >= 0.6 is 0 Å². The first-order valence-electron chi connectivity index (χ1n) is 5.92. The third-order valence-corrected chi connectivity index (χ3v) is 2.81. The van der Waals surface area contributed by atoms with Gasteiger partial charge in [0.15, 0.2) is 0 Å². The van der Waals surface area contributed by atoms with Gasteiger partial charge in [-0.2, -0.15) is 0 Å². The summed E-state index contributed by atoms with van der Waals surface area (Å²) >= 11 is 0. The minimum atomic E-state index is -0.983. The maximum absolute atomic E-state index is 13.3. The van der Waals surface area contributed by atoms with Crippen molar-refractivity contribution in [3.8, 4) is 11.1 Å². The predicted molar refractivity (Wildman–Crippen MR) is 72.6 cm³/mol. The van der Waals surface area contributed by atoms with Crippen LogP contribution in [0, 0.1) is 5.82 Å². The molecular weight excluding hydrogens is 245 g/mol. The standard InChI is InChI=1S/C15H14FNO2/c1-10(15(18)19)17-14-9-12(16)7-8-13(14)11-5-3-2-4-6-11/h2-10,17H,1H3,(H,18,19)/t10-/m0/s1. The van der Waals surface area contributed by atoms with E-state index in [1.54, 1.807) is 6.07 Å². The highest BCUT2D eigenvalue weighted by atomic mass is 19.1. The Morgan fingerprint density at radius 2 is 1.89 bits per heavy atom. The van der Waals surface area contributed by atoms with Crippen molar-refractivity contribution in [2.24, 2.45) is 0 Å². The molecule has 0 aliphatic heterocycles. The lowest BCUT2D eigenvalue weighted by Crippen LogP contribution is -2.25. The van der Waals surface area contributed by atoms with Crippen LogP contribution in [0.15, 0.2) is 48.5 Å². The van der Waals surface area contributed by atoms with Crippen molar-refractivity contribution in [2.75, 3.05) is 5.32 Å². The number of hydrogen-bond acceptors (Lipinski definition) is 2. The second-order valence-electron chi connectivity index (χ2n) is 4.26. The third kappa shape index (κ3) is 3.10. The zero-order chi connectivity index (χ0) is 13.8. The summed E-state index contributed by atoms with van der Waals surface area (Å²) in [7, 11) is 0. The van der Waals surface area contributed by atoms with Crippen molar-refractivity contribution in [3.63, 3.8) is 0 Å². The van der Waals surface area contributed by atoms with Crippen molar-refractivity contribution >= 4 is 11.7 Å². The van der Waals surface area contributed by atoms with Crippen LogP contribution in [0.4, 0.5) is 10.1 Å². The zero-order valence-electron chi connectivity index (χ0n) is 10.4. The minimum absolute atomic E-state index is 0.403. The molecule has 98 valence electrons. The van der Waals surface area contributed by atoms with Crippen LogP contribution in [0.3, 0.4) is 0 Å². The van der Waals surface area contributed by atoms with Gasteiger partial charge in [-0.15, -0.1) is 0 Å². The van der Waals surface area contributed by atoms with E-state index in [0.29, 0.717) is 5.69 Å². The van der Waals surface area contributed by atoms with Crippen molar-refractivity contribution in [1.82, 2.24) is 0 Å². The molecule has 0 bridgehead atoms. The fourth-order valence-corrected chi connectivity index (χ4v) is 1.80. The molecule has 0 unspecified atom stereocenters. The van der Waals surface area contributed by atoms with E-state index >= 15 is 0 Å². The largest absolute Gasteiger partial charge is 0.480 e. The van der Waals surface area contributed by atoms with Crippen LogP contribution in [0.2, 0.25) is 0 Å². The Labute approximate surface area is 110 Å². The molecule has 2 rings (SSSR count). The Morgan fingerprint density at radius 3 is 2.53 bits per heavy atom. The van der Waals surface area contributed by atoms with Crippen LogP contribution in [0.25, 0.3) is 11.1 Å². The monoisotopic (exact) mass is 259 g/mol. The third-order valence-electron chi connectivity index (χ3n) is 2.81. The van der Waals surface area contributed by atoms with E-state index in [9.17, 15) is 9.18 Å². The number of aliphatic carboxylic acids is 1. The molecule has 4 heteroatoms. The molecule has 0 aliphatic carbocycles. The molecule has 0 amide bonds. The lowest BCUT2D eigenvalue weighted by atomic mass is 10.0. The number of rotatable bonds is 4. The number of halogens is 1. The van der Waals surface area contributed by atoms with Crippen molar-refractivity contribution in [1.29, 1.82) is 0 Å². The molecule has 0 radical (unpaired) electrons. The topological polar surface area (TPSA) is 49.3 Å². The van der Waals surface area contributed by atoms with Gasteiger partial charge in [0, 0.05) is 11.3 Å². The Bertz CT molecular complexity index is 584. The minimum Gasteiger partial charge on any atom is -0.480 e. The number of hydrogen-bond donors (Lipinski definition) is 2. The van der Waals surface area contributed by atoms with Crippen molar-refractivity contribution in [2.45, 2.75) is 13.0 Å². The normalized spacial score (nSPS) is 11.9. The highest BCUT2D eigenvalue weighted by Gasteiger charge is 2.13. The summed E-state index contributed by atoms with van der Waals surface area (Å²) in [4.78, 5) is 10.9. The van der Waals surface area contributed by atoms with Gasteiger partial charge in [0.1, 0.15) is 11.9 Å². The highest BCUT2D eigenvalue weighted by molar-refractivity contribution is 5.82. The molecule has 0 saturated heterocycles. The number of nitrogens with one attached hydrogen (secondary N) is 1. The quantitative estimate of drug-likeness (QED) is 0.885. The van der Waals surface area contributed by atoms with E-state index in [-0.39, 0.29) is 0 Å². The summed E-state index contributed by atoms with van der Waals surface area (Å²) in [5.74, 6) is -1.39. The SMILES string of the molecule is C[C@H](Nc1cc(F)ccc1-c1ccccc1)C(=O)O. The van der Waals surface area contributed by atoms with Crippen LogP contribution in [0.1, 0.15) is 6.92 Å². The van der Waals surface area contributed by atoms with Crippen LogP contribution in [0.5, 0.6) is 0 Å². The molecular formula is C15H14FNO2. The predicted octanol–water partition coefficient (Wildman–Crippen LogP) is 3.38. The molecule has 0 fully saturated rings. The van der Waals surface area contributed by atoms with Gasteiger partial charge < -0.3 is 10.4 Å². The first kappa shape index (κ1) is 13.1. The van der Waals surface area contributed by atoms with E-state index in [0.717, 1.165) is 11.1 Å². The van der Waals surface area contributed by atoms with Gasteiger partial charge in [0.05, 0.1) is 0 Å². The fraction of sp³-hybridized carbons (Fsp3) is 0.133. The van der Waals surface area contributed by atoms with Crippen molar-refractivity contribution in [3.05, 3.63) is 54.3 Å². The first-order chi connectivity index (χ1) is 9.08. The van der Waals surface area contributed by atoms with E-state index in [4.69, 9.17) is 5.11 Å². The van der Waals surface area contributed by atoms with Crippen LogP contribution < -0.4 is 5.32 Å². The Balaban J connectivity index is 2.41. The highest BCUT2D eigenvalue weighted by Crippen LogP contribution is 2.29. The van der Waals surface area contributed by atoms with E-state index in [1.165, 1.54) is 19.1 Å². The summed E-state index contributed by atoms with van der Waals surface area (Å²) in [5, 5.41) is 11.7. The summed E-state index contributed by atoms with van der Waals surface area (Å²) in [6.45, 7) is 1.52. The summed E-state index contributed by atoms with van der Waals surface area (Å²) < 4.78 is 13.3. The van der Waals surface area contributed by atoms with Gasteiger partial charge in [-0.25, -0.2) is 4.39 Å². The number of carboxylic acid groups (broad SMARTS) is 1. The smallest absolute Gasteiger partial charge is 0.325 e. The lowest BCUT2D eigenvalue weighted by Gasteiger charge is -2.15. The molecule has 2 aromatic rings. The van der Waals surface area contributed by atoms with Gasteiger partial charge in [0.2, 0.25) is 0 Å². The second kappa shape index (κ2) is 5.52. The van der Waals surface area contributed by atoms with Crippen molar-refractivity contribution < 1.29 is 14.3 Å². The van der Waals surface area contributed by atoms with Gasteiger partial charge in [0.25, 0.3) is 0 Å². The summed E-state index contributed by atoms with van der Waals surface area (Å²) in [6.07, 6.45) is 0. The number of carboxylic acids is 1. The number of carbonyl (C=O) groups is 1. The molecule has 0 spiro atoms. The fourth-order valence-electron chi connectivity index (χ4n) is 1.80. The van der Waals surface area contributed by atoms with Gasteiger partial charge in [-0.05, 0) is 30.7 Å². The molecule has 0 aliphatic rings. The van der Waals surface area contributed by atoms with Crippen LogP contribution in [-0.4, -0.2) is 17.1 Å². The van der Waals surface area contributed by atoms with Gasteiger partial charge in [-0.3, -0.25) is 4.79 Å². The zero-order valence-corrected chi connectivity index (χ0v) is 10.4. The molecule has 0 heterocycles. The Hall–Kier alpha value is -2.36. The second-order valence-corrected chi connectivity index (χ2v) is 4.26. The molecule has 2 N–H and O–H groups in total. The summed E-state index contributed by atoms with van der Waals surface area (Å²) in [6, 6.07) is 13.0.